The number of piperazine rings is 2. The number of phenols is 1. The normalized spacial score (nSPS) is 16.2. The third-order valence-electron chi connectivity index (χ3n) is 13.2. The summed E-state index contributed by atoms with van der Waals surface area (Å²) >= 11 is 0. The lowest BCUT2D eigenvalue weighted by molar-refractivity contribution is 0.399. The van der Waals surface area contributed by atoms with Gasteiger partial charge in [-0.1, -0.05) is 97.1 Å². The van der Waals surface area contributed by atoms with Crippen molar-refractivity contribution in [3.05, 3.63) is 173 Å². The van der Waals surface area contributed by atoms with Crippen LogP contribution in [0.15, 0.2) is 128 Å². The second-order valence-corrected chi connectivity index (χ2v) is 17.8. The van der Waals surface area contributed by atoms with Gasteiger partial charge in [0, 0.05) is 79.5 Å². The second-order valence-electron chi connectivity index (χ2n) is 17.8. The van der Waals surface area contributed by atoms with Crippen LogP contribution in [0, 0.1) is 0 Å². The molecule has 18 nitrogen and oxygen atoms in total. The van der Waals surface area contributed by atoms with Gasteiger partial charge in [0.2, 0.25) is 11.9 Å². The fourth-order valence-electron chi connectivity index (χ4n) is 9.56. The van der Waals surface area contributed by atoms with Gasteiger partial charge >= 0.3 is 11.4 Å². The van der Waals surface area contributed by atoms with Crippen molar-refractivity contribution in [1.82, 2.24) is 48.0 Å². The lowest BCUT2D eigenvalue weighted by atomic mass is 10.0. The van der Waals surface area contributed by atoms with Crippen molar-refractivity contribution in [2.45, 2.75) is 38.0 Å². The van der Waals surface area contributed by atoms with E-state index >= 15 is 0 Å². The van der Waals surface area contributed by atoms with E-state index in [1.807, 2.05) is 106 Å². The Balaban J connectivity index is 0.000000172. The lowest BCUT2D eigenvalue weighted by Gasteiger charge is -2.35. The Morgan fingerprint density at radius 2 is 0.986 bits per heavy atom. The maximum atomic E-state index is 13.2. The first-order chi connectivity index (χ1) is 33.4. The molecule has 0 amide bonds. The number of benzene rings is 4. The van der Waals surface area contributed by atoms with E-state index in [9.17, 15) is 24.3 Å². The first-order valence-corrected chi connectivity index (χ1v) is 23.2. The number of fused-ring (bicyclic) bond motifs is 2. The average molecular weight is 935 g/mol. The number of aromatic hydroxyl groups is 1. The van der Waals surface area contributed by atoms with Crippen molar-refractivity contribution < 1.29 is 9.84 Å². The highest BCUT2D eigenvalue weighted by molar-refractivity contribution is 5.76. The number of phenolic OH excluding ortho intramolecular Hbond substituents is 1. The summed E-state index contributed by atoms with van der Waals surface area (Å²) in [7, 11) is 8.01. The Kier molecular flexibility index (Phi) is 13.4. The number of anilines is 2. The topological polar surface area (TPSA) is 184 Å². The van der Waals surface area contributed by atoms with E-state index in [0.29, 0.717) is 73.4 Å². The number of methoxy groups -OCH3 is 1. The molecule has 10 rings (SSSR count). The molecular formula is C51H58N12O6. The largest absolute Gasteiger partial charge is 0.508 e. The summed E-state index contributed by atoms with van der Waals surface area (Å²) in [5.74, 6) is 2.53. The van der Waals surface area contributed by atoms with Gasteiger partial charge < -0.3 is 30.3 Å². The summed E-state index contributed by atoms with van der Waals surface area (Å²) < 4.78 is 14.6. The number of rotatable bonds is 11. The number of aromatic nitrogens is 8. The summed E-state index contributed by atoms with van der Waals surface area (Å²) in [5.41, 5.74) is 4.31. The van der Waals surface area contributed by atoms with E-state index in [1.54, 1.807) is 27.3 Å². The quantitative estimate of drug-likeness (QED) is 0.173. The van der Waals surface area contributed by atoms with Gasteiger partial charge in [0.25, 0.3) is 11.1 Å². The summed E-state index contributed by atoms with van der Waals surface area (Å²) in [6, 6.07) is 35.6. The molecule has 0 bridgehead atoms. The zero-order valence-corrected chi connectivity index (χ0v) is 39.6. The van der Waals surface area contributed by atoms with E-state index in [1.165, 1.54) is 23.2 Å². The summed E-state index contributed by atoms with van der Waals surface area (Å²) in [4.78, 5) is 65.6. The lowest BCUT2D eigenvalue weighted by Crippen LogP contribution is -2.52. The van der Waals surface area contributed by atoms with Crippen LogP contribution in [0.4, 0.5) is 11.9 Å². The van der Waals surface area contributed by atoms with E-state index < -0.39 is 5.69 Å². The molecule has 3 N–H and O–H groups in total. The van der Waals surface area contributed by atoms with Crippen LogP contribution in [0.5, 0.6) is 11.5 Å². The van der Waals surface area contributed by atoms with Crippen LogP contribution in [-0.2, 0) is 54.1 Å². The Hall–Kier alpha value is -7.70. The maximum absolute atomic E-state index is 13.2. The van der Waals surface area contributed by atoms with Crippen molar-refractivity contribution in [2.75, 3.05) is 56.2 Å². The fraction of sp³-hybridized carbons (Fsp3) is 0.333. The molecule has 2 saturated heterocycles. The van der Waals surface area contributed by atoms with Crippen molar-refractivity contribution >= 4 is 34.2 Å². The predicted octanol–water partition coefficient (Wildman–Crippen LogP) is 2.72. The van der Waals surface area contributed by atoms with Crippen LogP contribution in [0.1, 0.15) is 22.3 Å². The molecule has 2 atom stereocenters. The maximum Gasteiger partial charge on any atom is 0.332 e. The summed E-state index contributed by atoms with van der Waals surface area (Å²) in [6.07, 6.45) is 1.47. The second kappa shape index (κ2) is 19.9. The van der Waals surface area contributed by atoms with Gasteiger partial charge in [0.05, 0.1) is 20.2 Å². The van der Waals surface area contributed by atoms with Gasteiger partial charge in [-0.25, -0.2) is 9.59 Å². The smallest absolute Gasteiger partial charge is 0.332 e. The zero-order chi connectivity index (χ0) is 48.3. The molecule has 2 fully saturated rings. The number of hydrogen-bond donors (Lipinski definition) is 3. The van der Waals surface area contributed by atoms with Crippen molar-refractivity contribution in [3.63, 3.8) is 0 Å². The Labute approximate surface area is 397 Å². The summed E-state index contributed by atoms with van der Waals surface area (Å²) in [5, 5.41) is 17.3. The van der Waals surface area contributed by atoms with E-state index in [-0.39, 0.29) is 34.6 Å². The molecule has 2 aliphatic rings. The van der Waals surface area contributed by atoms with Gasteiger partial charge in [0.15, 0.2) is 22.3 Å². The van der Waals surface area contributed by atoms with E-state index in [2.05, 4.69) is 26.5 Å². The molecule has 6 heterocycles. The molecule has 0 saturated carbocycles. The fourth-order valence-corrected chi connectivity index (χ4v) is 9.56. The highest BCUT2D eigenvalue weighted by Crippen LogP contribution is 2.27. The monoisotopic (exact) mass is 934 g/mol. The van der Waals surface area contributed by atoms with Crippen LogP contribution in [-0.4, -0.2) is 101 Å². The molecule has 8 aromatic rings. The minimum absolute atomic E-state index is 0.0960. The van der Waals surface area contributed by atoms with Gasteiger partial charge in [-0.2, -0.15) is 9.97 Å². The number of nitrogens with one attached hydrogen (secondary N) is 2. The summed E-state index contributed by atoms with van der Waals surface area (Å²) in [6.45, 7) is 5.30. The van der Waals surface area contributed by atoms with Crippen LogP contribution >= 0.6 is 0 Å². The third-order valence-corrected chi connectivity index (χ3v) is 13.2. The number of nitrogens with zero attached hydrogens (tertiary/aromatic N) is 10. The molecule has 2 unspecified atom stereocenters. The molecule has 18 heteroatoms. The number of aryl methyl sites for hydroxylation is 2. The Morgan fingerprint density at radius 1 is 0.565 bits per heavy atom. The Morgan fingerprint density at radius 3 is 1.45 bits per heavy atom. The number of ether oxygens (including phenoxy) is 1. The molecule has 358 valence electrons. The zero-order valence-electron chi connectivity index (χ0n) is 39.6. The minimum atomic E-state index is -0.397. The van der Waals surface area contributed by atoms with Gasteiger partial charge in [0.1, 0.15) is 11.5 Å². The molecule has 0 spiro atoms. The third kappa shape index (κ3) is 9.32. The number of hydrogen-bond acceptors (Lipinski definition) is 12. The van der Waals surface area contributed by atoms with Crippen molar-refractivity contribution in [1.29, 1.82) is 0 Å². The number of para-hydroxylation sites is 2. The van der Waals surface area contributed by atoms with Crippen molar-refractivity contribution in [3.8, 4) is 11.5 Å². The van der Waals surface area contributed by atoms with E-state index in [0.717, 1.165) is 63.2 Å². The Bertz CT molecular complexity index is 3370. The molecule has 0 radical (unpaired) electrons. The highest BCUT2D eigenvalue weighted by Gasteiger charge is 2.29. The highest BCUT2D eigenvalue weighted by atomic mass is 16.5. The average Bonchev–Trinajstić information content (AvgIpc) is 3.95. The van der Waals surface area contributed by atoms with Gasteiger partial charge in [-0.15, -0.1) is 0 Å². The molecular weight excluding hydrogens is 877 g/mol. The van der Waals surface area contributed by atoms with Crippen molar-refractivity contribution in [2.24, 2.45) is 28.2 Å². The first-order valence-electron chi connectivity index (χ1n) is 23.2. The van der Waals surface area contributed by atoms with E-state index in [4.69, 9.17) is 14.7 Å². The van der Waals surface area contributed by atoms with Crippen LogP contribution in [0.25, 0.3) is 22.3 Å². The van der Waals surface area contributed by atoms with Crippen LogP contribution < -0.4 is 47.7 Å². The molecule has 2 aliphatic heterocycles. The molecule has 4 aromatic heterocycles. The SMILES string of the molecule is COc1ccccc1CC1CN(c2nc3c(c(=O)n(C)c(=O)n3C)n2Cc2ccccc2)CCN1.Cn1c(=O)c2c(nc(N3CCNC(Cc4ccccc4O)C3)n2Cc2ccccc2)n(C)c1=O. The van der Waals surface area contributed by atoms with Gasteiger partial charge in [-0.05, 0) is 47.2 Å². The molecule has 4 aromatic carbocycles. The predicted molar refractivity (Wildman–Crippen MR) is 268 cm³/mol. The molecule has 0 aliphatic carbocycles. The molecule has 69 heavy (non-hydrogen) atoms. The standard InChI is InChI=1S/C26H30N6O3.C25H28N6O3/c1-29-23-22(24(33)30(2)26(29)34)32(16-18-9-5-4-6-10-18)25(28-23)31-14-13-27-20(17-31)15-19-11-7-8-12-21(19)35-3;1-28-22-21(23(33)29(2)25(28)34)31(15-17-8-4-3-5-9-17)24(27-22)30-13-12-26-19(16-30)14-18-10-6-7-11-20(18)32/h4-12,20,27H,13-17H2,1-3H3;3-11,19,26,32H,12-16H2,1-2H3. The first kappa shape index (κ1) is 46.4. The van der Waals surface area contributed by atoms with Crippen LogP contribution in [0.2, 0.25) is 0 Å². The van der Waals surface area contributed by atoms with Crippen LogP contribution in [0.3, 0.4) is 0 Å². The number of imidazole rings is 2. The van der Waals surface area contributed by atoms with Gasteiger partial charge in [-0.3, -0.25) is 37.0 Å². The minimum Gasteiger partial charge on any atom is -0.508 e.